The molecule has 2 fully saturated rings. The quantitative estimate of drug-likeness (QED) is 0.870. The molecular weight excluding hydrogens is 214 g/mol. The molecule has 94 valence electrons. The zero-order chi connectivity index (χ0) is 11.7. The average Bonchev–Trinajstić information content (AvgIpc) is 2.94. The summed E-state index contributed by atoms with van der Waals surface area (Å²) in [5.74, 6) is 2.28. The van der Waals surface area contributed by atoms with Crippen LogP contribution in [-0.4, -0.2) is 16.7 Å². The molecule has 0 atom stereocenters. The molecule has 4 heteroatoms. The van der Waals surface area contributed by atoms with Crippen LogP contribution in [0.15, 0.2) is 4.52 Å². The Bertz CT molecular complexity index is 372. The van der Waals surface area contributed by atoms with Gasteiger partial charge in [0.05, 0.1) is 0 Å². The molecule has 1 heterocycles. The molecule has 2 aliphatic carbocycles. The lowest BCUT2D eigenvalue weighted by molar-refractivity contribution is 0.129. The number of aromatic nitrogens is 2. The smallest absolute Gasteiger partial charge is 0.227 e. The number of rotatable bonds is 4. The molecule has 0 aliphatic heterocycles. The Hall–Kier alpha value is -0.900. The molecule has 4 nitrogen and oxygen atoms in total. The van der Waals surface area contributed by atoms with E-state index in [1.807, 2.05) is 0 Å². The summed E-state index contributed by atoms with van der Waals surface area (Å²) in [5.41, 5.74) is 6.12. The number of nitrogens with zero attached hydrogens (tertiary/aromatic N) is 2. The van der Waals surface area contributed by atoms with Crippen molar-refractivity contribution in [2.45, 2.75) is 57.3 Å². The topological polar surface area (TPSA) is 64.9 Å². The van der Waals surface area contributed by atoms with Crippen LogP contribution in [-0.2, 0) is 6.42 Å². The minimum Gasteiger partial charge on any atom is -0.339 e. The van der Waals surface area contributed by atoms with Crippen molar-refractivity contribution in [3.63, 3.8) is 0 Å². The third kappa shape index (κ3) is 2.10. The Labute approximate surface area is 102 Å². The van der Waals surface area contributed by atoms with Gasteiger partial charge in [0.1, 0.15) is 0 Å². The van der Waals surface area contributed by atoms with Crippen LogP contribution in [0.1, 0.15) is 62.6 Å². The normalized spacial score (nSPS) is 23.8. The van der Waals surface area contributed by atoms with Crippen molar-refractivity contribution in [2.75, 3.05) is 6.54 Å². The second kappa shape index (κ2) is 4.41. The monoisotopic (exact) mass is 235 g/mol. The fourth-order valence-corrected chi connectivity index (χ4v) is 3.14. The van der Waals surface area contributed by atoms with Gasteiger partial charge in [-0.25, -0.2) is 0 Å². The standard InChI is InChI=1S/C13H21N3O/c14-9-13(6-3-7-13)8-11-15-12(16-17-11)10-4-1-2-5-10/h10H,1-9,14H2. The van der Waals surface area contributed by atoms with Crippen LogP contribution >= 0.6 is 0 Å². The van der Waals surface area contributed by atoms with Crippen LogP contribution in [0.2, 0.25) is 0 Å². The second-order valence-corrected chi connectivity index (χ2v) is 5.76. The maximum Gasteiger partial charge on any atom is 0.227 e. The van der Waals surface area contributed by atoms with E-state index in [0.29, 0.717) is 5.92 Å². The van der Waals surface area contributed by atoms with Crippen molar-refractivity contribution in [1.29, 1.82) is 0 Å². The van der Waals surface area contributed by atoms with Crippen molar-refractivity contribution in [1.82, 2.24) is 10.1 Å². The molecule has 2 aliphatic rings. The van der Waals surface area contributed by atoms with Gasteiger partial charge in [-0.3, -0.25) is 0 Å². The van der Waals surface area contributed by atoms with Gasteiger partial charge in [-0.05, 0) is 37.6 Å². The van der Waals surface area contributed by atoms with E-state index in [2.05, 4.69) is 10.1 Å². The summed E-state index contributed by atoms with van der Waals surface area (Å²) in [6.45, 7) is 0.744. The molecule has 0 spiro atoms. The highest BCUT2D eigenvalue weighted by Crippen LogP contribution is 2.42. The van der Waals surface area contributed by atoms with Crippen molar-refractivity contribution in [3.8, 4) is 0 Å². The summed E-state index contributed by atoms with van der Waals surface area (Å²) in [4.78, 5) is 4.57. The Balaban J connectivity index is 1.67. The zero-order valence-corrected chi connectivity index (χ0v) is 10.3. The molecule has 1 aromatic rings. The first kappa shape index (κ1) is 11.2. The molecule has 0 bridgehead atoms. The van der Waals surface area contributed by atoms with Gasteiger partial charge < -0.3 is 10.3 Å². The highest BCUT2D eigenvalue weighted by molar-refractivity contribution is 5.01. The third-order valence-electron chi connectivity index (χ3n) is 4.58. The predicted molar refractivity (Wildman–Crippen MR) is 64.5 cm³/mol. The summed E-state index contributed by atoms with van der Waals surface area (Å²) < 4.78 is 5.39. The van der Waals surface area contributed by atoms with Crippen LogP contribution < -0.4 is 5.73 Å². The Morgan fingerprint density at radius 3 is 2.59 bits per heavy atom. The average molecular weight is 235 g/mol. The van der Waals surface area contributed by atoms with E-state index in [0.717, 1.165) is 24.7 Å². The van der Waals surface area contributed by atoms with Gasteiger partial charge >= 0.3 is 0 Å². The molecule has 0 radical (unpaired) electrons. The molecule has 2 N–H and O–H groups in total. The third-order valence-corrected chi connectivity index (χ3v) is 4.58. The summed E-state index contributed by atoms with van der Waals surface area (Å²) in [5, 5.41) is 4.15. The largest absolute Gasteiger partial charge is 0.339 e. The van der Waals surface area contributed by atoms with Crippen LogP contribution in [0, 0.1) is 5.41 Å². The van der Waals surface area contributed by atoms with Crippen molar-refractivity contribution < 1.29 is 4.52 Å². The van der Waals surface area contributed by atoms with E-state index in [4.69, 9.17) is 10.3 Å². The maximum absolute atomic E-state index is 5.86. The van der Waals surface area contributed by atoms with Gasteiger partial charge in [0.15, 0.2) is 5.82 Å². The van der Waals surface area contributed by atoms with E-state index in [9.17, 15) is 0 Å². The van der Waals surface area contributed by atoms with Gasteiger partial charge in [0.25, 0.3) is 0 Å². The van der Waals surface area contributed by atoms with Gasteiger partial charge in [-0.1, -0.05) is 24.4 Å². The first-order valence-electron chi connectivity index (χ1n) is 6.84. The fraction of sp³-hybridized carbons (Fsp3) is 0.846. The maximum atomic E-state index is 5.86. The lowest BCUT2D eigenvalue weighted by atomic mass is 9.67. The Morgan fingerprint density at radius 1 is 1.24 bits per heavy atom. The first-order chi connectivity index (χ1) is 8.31. The van der Waals surface area contributed by atoms with Crippen molar-refractivity contribution in [3.05, 3.63) is 11.7 Å². The predicted octanol–water partition coefficient (Wildman–Crippen LogP) is 2.40. The van der Waals surface area contributed by atoms with Crippen LogP contribution in [0.3, 0.4) is 0 Å². The summed E-state index contributed by atoms with van der Waals surface area (Å²) >= 11 is 0. The van der Waals surface area contributed by atoms with E-state index in [1.54, 1.807) is 0 Å². The van der Waals surface area contributed by atoms with Gasteiger partial charge in [-0.15, -0.1) is 0 Å². The van der Waals surface area contributed by atoms with E-state index < -0.39 is 0 Å². The zero-order valence-electron chi connectivity index (χ0n) is 10.3. The molecule has 0 amide bonds. The lowest BCUT2D eigenvalue weighted by Gasteiger charge is -2.39. The van der Waals surface area contributed by atoms with E-state index >= 15 is 0 Å². The summed E-state index contributed by atoms with van der Waals surface area (Å²) in [7, 11) is 0. The van der Waals surface area contributed by atoms with Crippen molar-refractivity contribution in [2.24, 2.45) is 11.1 Å². The molecule has 2 saturated carbocycles. The number of hydrogen-bond donors (Lipinski definition) is 1. The number of hydrogen-bond acceptors (Lipinski definition) is 4. The van der Waals surface area contributed by atoms with Crippen molar-refractivity contribution >= 4 is 0 Å². The Morgan fingerprint density at radius 2 is 2.00 bits per heavy atom. The van der Waals surface area contributed by atoms with Crippen LogP contribution in [0.4, 0.5) is 0 Å². The summed E-state index contributed by atoms with van der Waals surface area (Å²) in [6.07, 6.45) is 9.66. The minimum atomic E-state index is 0.263. The lowest BCUT2D eigenvalue weighted by Crippen LogP contribution is -2.39. The molecular formula is C13H21N3O. The molecule has 0 aromatic carbocycles. The molecule has 3 rings (SSSR count). The fourth-order valence-electron chi connectivity index (χ4n) is 3.14. The van der Waals surface area contributed by atoms with Crippen LogP contribution in [0.5, 0.6) is 0 Å². The molecule has 0 unspecified atom stereocenters. The molecule has 0 saturated heterocycles. The van der Waals surface area contributed by atoms with Gasteiger partial charge in [0.2, 0.25) is 5.89 Å². The molecule has 17 heavy (non-hydrogen) atoms. The summed E-state index contributed by atoms with van der Waals surface area (Å²) in [6, 6.07) is 0. The van der Waals surface area contributed by atoms with Crippen LogP contribution in [0.25, 0.3) is 0 Å². The van der Waals surface area contributed by atoms with E-state index in [-0.39, 0.29) is 5.41 Å². The Kier molecular flexibility index (Phi) is 2.90. The molecule has 1 aromatic heterocycles. The number of nitrogens with two attached hydrogens (primary N) is 1. The second-order valence-electron chi connectivity index (χ2n) is 5.76. The van der Waals surface area contributed by atoms with Gasteiger partial charge in [-0.2, -0.15) is 4.98 Å². The highest BCUT2D eigenvalue weighted by Gasteiger charge is 2.37. The van der Waals surface area contributed by atoms with E-state index in [1.165, 1.54) is 44.9 Å². The minimum absolute atomic E-state index is 0.263. The SMILES string of the molecule is NCC1(Cc2nc(C3CCCC3)no2)CCC1. The van der Waals surface area contributed by atoms with Gasteiger partial charge in [0, 0.05) is 12.3 Å². The first-order valence-corrected chi connectivity index (χ1v) is 6.84. The highest BCUT2D eigenvalue weighted by atomic mass is 16.5.